The van der Waals surface area contributed by atoms with Crippen molar-refractivity contribution in [1.29, 1.82) is 0 Å². The minimum atomic E-state index is 0.478. The Morgan fingerprint density at radius 3 is 2.56 bits per heavy atom. The molecule has 0 radical (unpaired) electrons. The minimum Gasteiger partial charge on any atom is -0.439 e. The van der Waals surface area contributed by atoms with E-state index in [0.717, 1.165) is 12.7 Å². The molecule has 0 saturated carbocycles. The van der Waals surface area contributed by atoms with E-state index < -0.39 is 0 Å². The molecule has 0 aliphatic heterocycles. The van der Waals surface area contributed by atoms with E-state index in [1.807, 2.05) is 24.3 Å². The highest BCUT2D eigenvalue weighted by molar-refractivity contribution is 5.80. The molecule has 1 aromatic carbocycles. The van der Waals surface area contributed by atoms with E-state index >= 15 is 0 Å². The Morgan fingerprint density at radius 2 is 2.00 bits per heavy atom. The van der Waals surface area contributed by atoms with Gasteiger partial charge in [0, 0.05) is 7.05 Å². The molecule has 94 valence electrons. The lowest BCUT2D eigenvalue weighted by molar-refractivity contribution is 0.112. The zero-order valence-corrected chi connectivity index (χ0v) is 10.8. The Balaban J connectivity index is 2.30. The third-order valence-corrected chi connectivity index (χ3v) is 2.88. The van der Waals surface area contributed by atoms with Crippen LogP contribution in [0.3, 0.4) is 0 Å². The number of carbonyl (C=O) groups is 1. The van der Waals surface area contributed by atoms with Gasteiger partial charge >= 0.3 is 0 Å². The summed E-state index contributed by atoms with van der Waals surface area (Å²) in [5, 5.41) is 4.17. The van der Waals surface area contributed by atoms with Crippen LogP contribution in [0.25, 0.3) is 0 Å². The molecule has 4 heteroatoms. The Morgan fingerprint density at radius 1 is 1.33 bits per heavy atom. The van der Waals surface area contributed by atoms with Gasteiger partial charge < -0.3 is 4.74 Å². The molecule has 2 rings (SSSR count). The standard InChI is InChI=1S/C14H16N2O2/c1-4-11-5-7-12(8-6-11)18-14-13(9-17)10(2)15-16(14)3/h5-9H,4H2,1-3H3. The number of nitrogens with zero attached hydrogens (tertiary/aromatic N) is 2. The number of ether oxygens (including phenoxy) is 1. The van der Waals surface area contributed by atoms with Crippen LogP contribution in [0.5, 0.6) is 11.6 Å². The predicted octanol–water partition coefficient (Wildman–Crippen LogP) is 2.90. The average molecular weight is 244 g/mol. The summed E-state index contributed by atoms with van der Waals surface area (Å²) in [6.45, 7) is 3.89. The van der Waals surface area contributed by atoms with Gasteiger partial charge in [-0.1, -0.05) is 19.1 Å². The molecule has 1 heterocycles. The third-order valence-electron chi connectivity index (χ3n) is 2.88. The highest BCUT2D eigenvalue weighted by atomic mass is 16.5. The molecule has 18 heavy (non-hydrogen) atoms. The highest BCUT2D eigenvalue weighted by Gasteiger charge is 2.14. The van der Waals surface area contributed by atoms with Crippen LogP contribution in [-0.4, -0.2) is 16.1 Å². The number of hydrogen-bond acceptors (Lipinski definition) is 3. The zero-order chi connectivity index (χ0) is 13.1. The Hall–Kier alpha value is -2.10. The third kappa shape index (κ3) is 2.27. The second kappa shape index (κ2) is 5.04. The largest absolute Gasteiger partial charge is 0.439 e. The normalized spacial score (nSPS) is 10.4. The lowest BCUT2D eigenvalue weighted by Crippen LogP contribution is -1.96. The molecular weight excluding hydrogens is 228 g/mol. The smallest absolute Gasteiger partial charge is 0.228 e. The Labute approximate surface area is 106 Å². The van der Waals surface area contributed by atoms with Gasteiger partial charge in [-0.05, 0) is 31.0 Å². The quantitative estimate of drug-likeness (QED) is 0.777. The Bertz CT molecular complexity index is 556. The summed E-state index contributed by atoms with van der Waals surface area (Å²) in [7, 11) is 1.76. The van der Waals surface area contributed by atoms with Gasteiger partial charge in [0.25, 0.3) is 0 Å². The number of aldehydes is 1. The fraction of sp³-hybridized carbons (Fsp3) is 0.286. The maximum atomic E-state index is 11.0. The number of benzene rings is 1. The van der Waals surface area contributed by atoms with Crippen molar-refractivity contribution in [3.63, 3.8) is 0 Å². The molecule has 0 spiro atoms. The first-order valence-electron chi connectivity index (χ1n) is 5.91. The van der Waals surface area contributed by atoms with E-state index in [0.29, 0.717) is 22.9 Å². The predicted molar refractivity (Wildman–Crippen MR) is 69.2 cm³/mol. The van der Waals surface area contributed by atoms with Crippen LogP contribution in [0.15, 0.2) is 24.3 Å². The van der Waals surface area contributed by atoms with Crippen molar-refractivity contribution in [3.05, 3.63) is 41.1 Å². The first kappa shape index (κ1) is 12.4. The molecule has 0 unspecified atom stereocenters. The van der Waals surface area contributed by atoms with Crippen LogP contribution in [0.4, 0.5) is 0 Å². The summed E-state index contributed by atoms with van der Waals surface area (Å²) in [4.78, 5) is 11.0. The van der Waals surface area contributed by atoms with Crippen LogP contribution in [0, 0.1) is 6.92 Å². The lowest BCUT2D eigenvalue weighted by Gasteiger charge is -2.07. The van der Waals surface area contributed by atoms with E-state index in [1.54, 1.807) is 18.7 Å². The lowest BCUT2D eigenvalue weighted by atomic mass is 10.2. The summed E-state index contributed by atoms with van der Waals surface area (Å²) in [6, 6.07) is 7.82. The van der Waals surface area contributed by atoms with Crippen molar-refractivity contribution < 1.29 is 9.53 Å². The van der Waals surface area contributed by atoms with Crippen molar-refractivity contribution >= 4 is 6.29 Å². The molecule has 0 saturated heterocycles. The van der Waals surface area contributed by atoms with E-state index in [4.69, 9.17) is 4.74 Å². The molecule has 0 bridgehead atoms. The van der Waals surface area contributed by atoms with Gasteiger partial charge in [-0.2, -0.15) is 5.10 Å². The Kier molecular flexibility index (Phi) is 3.46. The van der Waals surface area contributed by atoms with Crippen LogP contribution in [0.2, 0.25) is 0 Å². The topological polar surface area (TPSA) is 44.1 Å². The van der Waals surface area contributed by atoms with Crippen molar-refractivity contribution in [2.75, 3.05) is 0 Å². The fourth-order valence-corrected chi connectivity index (χ4v) is 1.81. The van der Waals surface area contributed by atoms with Crippen LogP contribution in [0.1, 0.15) is 28.5 Å². The molecule has 0 N–H and O–H groups in total. The summed E-state index contributed by atoms with van der Waals surface area (Å²) < 4.78 is 7.30. The molecule has 0 aliphatic carbocycles. The molecule has 0 fully saturated rings. The molecule has 1 aromatic heterocycles. The van der Waals surface area contributed by atoms with Crippen molar-refractivity contribution in [1.82, 2.24) is 9.78 Å². The van der Waals surface area contributed by atoms with Gasteiger partial charge in [-0.25, -0.2) is 4.68 Å². The second-order valence-electron chi connectivity index (χ2n) is 4.15. The van der Waals surface area contributed by atoms with Gasteiger partial charge in [0.1, 0.15) is 5.75 Å². The number of rotatable bonds is 4. The van der Waals surface area contributed by atoms with E-state index in [-0.39, 0.29) is 0 Å². The zero-order valence-electron chi connectivity index (χ0n) is 10.8. The molecule has 4 nitrogen and oxygen atoms in total. The first-order valence-corrected chi connectivity index (χ1v) is 5.91. The number of aryl methyl sites for hydroxylation is 3. The first-order chi connectivity index (χ1) is 8.65. The van der Waals surface area contributed by atoms with Crippen molar-refractivity contribution in [2.45, 2.75) is 20.3 Å². The highest BCUT2D eigenvalue weighted by Crippen LogP contribution is 2.26. The molecule has 2 aromatic rings. The molecule has 0 aliphatic rings. The van der Waals surface area contributed by atoms with Crippen LogP contribution in [-0.2, 0) is 13.5 Å². The van der Waals surface area contributed by atoms with Crippen LogP contribution >= 0.6 is 0 Å². The van der Waals surface area contributed by atoms with Gasteiger partial charge in [0.2, 0.25) is 5.88 Å². The van der Waals surface area contributed by atoms with E-state index in [9.17, 15) is 4.79 Å². The monoisotopic (exact) mass is 244 g/mol. The second-order valence-corrected chi connectivity index (χ2v) is 4.15. The van der Waals surface area contributed by atoms with E-state index in [2.05, 4.69) is 12.0 Å². The molecule has 0 atom stereocenters. The summed E-state index contributed by atoms with van der Waals surface area (Å²) >= 11 is 0. The minimum absolute atomic E-state index is 0.478. The SMILES string of the molecule is CCc1ccc(Oc2c(C=O)c(C)nn2C)cc1. The van der Waals surface area contributed by atoms with Gasteiger partial charge in [-0.15, -0.1) is 0 Å². The van der Waals surface area contributed by atoms with Crippen LogP contribution < -0.4 is 4.74 Å². The fourth-order valence-electron chi connectivity index (χ4n) is 1.81. The average Bonchev–Trinajstić information content (AvgIpc) is 2.64. The summed E-state index contributed by atoms with van der Waals surface area (Å²) in [5.74, 6) is 1.19. The van der Waals surface area contributed by atoms with Crippen molar-refractivity contribution in [2.24, 2.45) is 7.05 Å². The van der Waals surface area contributed by atoms with E-state index in [1.165, 1.54) is 5.56 Å². The maximum Gasteiger partial charge on any atom is 0.228 e. The summed E-state index contributed by atoms with van der Waals surface area (Å²) in [5.41, 5.74) is 2.42. The van der Waals surface area contributed by atoms with Gasteiger partial charge in [0.15, 0.2) is 6.29 Å². The number of hydrogen-bond donors (Lipinski definition) is 0. The molecular formula is C14H16N2O2. The maximum absolute atomic E-state index is 11.0. The number of carbonyl (C=O) groups excluding carboxylic acids is 1. The van der Waals surface area contributed by atoms with Crippen molar-refractivity contribution in [3.8, 4) is 11.6 Å². The summed E-state index contributed by atoms with van der Waals surface area (Å²) in [6.07, 6.45) is 1.77. The number of aromatic nitrogens is 2. The van der Waals surface area contributed by atoms with Gasteiger partial charge in [-0.3, -0.25) is 4.79 Å². The van der Waals surface area contributed by atoms with Gasteiger partial charge in [0.05, 0.1) is 11.3 Å². The molecule has 0 amide bonds.